The molecule has 1 fully saturated rings. The Hall–Kier alpha value is -1.82. The smallest absolute Gasteiger partial charge is 0.0544 e. The van der Waals surface area contributed by atoms with E-state index in [0.717, 1.165) is 63.7 Å². The van der Waals surface area contributed by atoms with Crippen molar-refractivity contribution in [3.05, 3.63) is 59.2 Å². The van der Waals surface area contributed by atoms with Gasteiger partial charge in [0, 0.05) is 64.8 Å². The van der Waals surface area contributed by atoms with Crippen LogP contribution in [0.3, 0.4) is 0 Å². The molecular weight excluding hydrogens is 310 g/mol. The van der Waals surface area contributed by atoms with Crippen molar-refractivity contribution in [2.75, 3.05) is 39.3 Å². The van der Waals surface area contributed by atoms with Gasteiger partial charge in [-0.15, -0.1) is 0 Å². The number of rotatable bonds is 4. The van der Waals surface area contributed by atoms with Crippen molar-refractivity contribution < 1.29 is 0 Å². The fourth-order valence-corrected chi connectivity index (χ4v) is 3.06. The molecule has 0 atom stereocenters. The monoisotopic (exact) mass is 339 g/mol. The zero-order valence-corrected chi connectivity index (χ0v) is 15.4. The van der Waals surface area contributed by atoms with Gasteiger partial charge in [-0.3, -0.25) is 19.8 Å². The molecular formula is C20H29N5. The Morgan fingerprint density at radius 2 is 1.24 bits per heavy atom. The van der Waals surface area contributed by atoms with Gasteiger partial charge in [-0.05, 0) is 37.1 Å². The van der Waals surface area contributed by atoms with Crippen LogP contribution >= 0.6 is 0 Å². The summed E-state index contributed by atoms with van der Waals surface area (Å²) < 4.78 is 0. The SMILES string of the molecule is Cc1ccc(CN2CCNCCN(Cc3ccc(C)cn3)CC2)nc1. The number of pyridine rings is 2. The first-order chi connectivity index (χ1) is 12.2. The summed E-state index contributed by atoms with van der Waals surface area (Å²) >= 11 is 0. The zero-order chi connectivity index (χ0) is 17.5. The molecule has 2 aromatic rings. The maximum absolute atomic E-state index is 4.56. The molecule has 134 valence electrons. The number of hydrogen-bond acceptors (Lipinski definition) is 5. The lowest BCUT2D eigenvalue weighted by Gasteiger charge is -2.25. The second-order valence-electron chi connectivity index (χ2n) is 6.96. The molecule has 0 aliphatic carbocycles. The first kappa shape index (κ1) is 18.0. The highest BCUT2D eigenvalue weighted by Gasteiger charge is 2.13. The summed E-state index contributed by atoms with van der Waals surface area (Å²) in [6.45, 7) is 12.3. The van der Waals surface area contributed by atoms with E-state index in [-0.39, 0.29) is 0 Å². The van der Waals surface area contributed by atoms with Crippen LogP contribution in [0.5, 0.6) is 0 Å². The van der Waals surface area contributed by atoms with Crippen LogP contribution in [0.1, 0.15) is 22.5 Å². The summed E-state index contributed by atoms with van der Waals surface area (Å²) in [6.07, 6.45) is 3.92. The molecule has 0 bridgehead atoms. The van der Waals surface area contributed by atoms with Gasteiger partial charge in [-0.1, -0.05) is 12.1 Å². The van der Waals surface area contributed by atoms with Crippen molar-refractivity contribution in [3.8, 4) is 0 Å². The van der Waals surface area contributed by atoms with E-state index < -0.39 is 0 Å². The second kappa shape index (κ2) is 9.04. The molecule has 5 nitrogen and oxygen atoms in total. The van der Waals surface area contributed by atoms with Gasteiger partial charge in [0.15, 0.2) is 0 Å². The van der Waals surface area contributed by atoms with Gasteiger partial charge in [0.05, 0.1) is 11.4 Å². The minimum Gasteiger partial charge on any atom is -0.314 e. The molecule has 25 heavy (non-hydrogen) atoms. The van der Waals surface area contributed by atoms with Crippen molar-refractivity contribution in [1.82, 2.24) is 25.1 Å². The quantitative estimate of drug-likeness (QED) is 0.923. The van der Waals surface area contributed by atoms with Crippen LogP contribution in [-0.4, -0.2) is 59.0 Å². The third-order valence-corrected chi connectivity index (χ3v) is 4.66. The number of nitrogens with one attached hydrogen (secondary N) is 1. The van der Waals surface area contributed by atoms with Crippen LogP contribution in [0.15, 0.2) is 36.7 Å². The largest absolute Gasteiger partial charge is 0.314 e. The predicted octanol–water partition coefficient (Wildman–Crippen LogP) is 2.00. The molecule has 3 rings (SSSR count). The maximum Gasteiger partial charge on any atom is 0.0544 e. The number of aryl methyl sites for hydroxylation is 2. The second-order valence-corrected chi connectivity index (χ2v) is 6.96. The summed E-state index contributed by atoms with van der Waals surface area (Å²) in [4.78, 5) is 14.1. The molecule has 2 aromatic heterocycles. The molecule has 0 radical (unpaired) electrons. The number of aromatic nitrogens is 2. The topological polar surface area (TPSA) is 44.3 Å². The Kier molecular flexibility index (Phi) is 6.50. The van der Waals surface area contributed by atoms with E-state index in [2.05, 4.69) is 63.2 Å². The minimum absolute atomic E-state index is 0.915. The lowest BCUT2D eigenvalue weighted by Crippen LogP contribution is -2.35. The van der Waals surface area contributed by atoms with E-state index in [1.54, 1.807) is 0 Å². The summed E-state index contributed by atoms with van der Waals surface area (Å²) in [5.74, 6) is 0. The normalized spacial score (nSPS) is 17.7. The summed E-state index contributed by atoms with van der Waals surface area (Å²) in [5.41, 5.74) is 4.73. The summed E-state index contributed by atoms with van der Waals surface area (Å²) in [6, 6.07) is 8.57. The lowest BCUT2D eigenvalue weighted by molar-refractivity contribution is 0.207. The first-order valence-corrected chi connectivity index (χ1v) is 9.17. The highest BCUT2D eigenvalue weighted by Crippen LogP contribution is 2.07. The molecule has 5 heteroatoms. The van der Waals surface area contributed by atoms with E-state index >= 15 is 0 Å². The van der Waals surface area contributed by atoms with Crippen LogP contribution in [0.4, 0.5) is 0 Å². The highest BCUT2D eigenvalue weighted by molar-refractivity contribution is 5.13. The maximum atomic E-state index is 4.56. The van der Waals surface area contributed by atoms with Gasteiger partial charge < -0.3 is 5.32 Å². The zero-order valence-electron chi connectivity index (χ0n) is 15.4. The standard InChI is InChI=1S/C20H29N5/c1-17-3-5-19(22-13-17)15-24-9-7-21-8-10-25(12-11-24)16-20-6-4-18(2)14-23-20/h3-6,13-14,21H,7-12,15-16H2,1-2H3. The van der Waals surface area contributed by atoms with Gasteiger partial charge >= 0.3 is 0 Å². The first-order valence-electron chi connectivity index (χ1n) is 9.17. The van der Waals surface area contributed by atoms with Gasteiger partial charge in [0.1, 0.15) is 0 Å². The Bertz CT molecular complexity index is 581. The molecule has 0 unspecified atom stereocenters. The molecule has 3 heterocycles. The molecule has 1 aliphatic heterocycles. The Labute approximate surface area is 151 Å². The fraction of sp³-hybridized carbons (Fsp3) is 0.500. The highest BCUT2D eigenvalue weighted by atomic mass is 15.2. The van der Waals surface area contributed by atoms with E-state index in [9.17, 15) is 0 Å². The molecule has 1 saturated heterocycles. The van der Waals surface area contributed by atoms with E-state index in [4.69, 9.17) is 0 Å². The lowest BCUT2D eigenvalue weighted by atomic mass is 10.2. The molecule has 0 saturated carbocycles. The van der Waals surface area contributed by atoms with Crippen LogP contribution in [0.2, 0.25) is 0 Å². The van der Waals surface area contributed by atoms with Gasteiger partial charge in [-0.25, -0.2) is 0 Å². The van der Waals surface area contributed by atoms with Crippen molar-refractivity contribution >= 4 is 0 Å². The molecule has 1 aliphatic rings. The Morgan fingerprint density at radius 3 is 1.64 bits per heavy atom. The summed E-state index contributed by atoms with van der Waals surface area (Å²) in [5, 5.41) is 3.55. The number of nitrogens with zero attached hydrogens (tertiary/aromatic N) is 4. The molecule has 1 N–H and O–H groups in total. The van der Waals surface area contributed by atoms with E-state index in [1.807, 2.05) is 12.4 Å². The van der Waals surface area contributed by atoms with Crippen LogP contribution < -0.4 is 5.32 Å². The van der Waals surface area contributed by atoms with Gasteiger partial charge in [0.2, 0.25) is 0 Å². The van der Waals surface area contributed by atoms with Crippen molar-refractivity contribution in [1.29, 1.82) is 0 Å². The Balaban J connectivity index is 1.58. The predicted molar refractivity (Wildman–Crippen MR) is 101 cm³/mol. The third-order valence-electron chi connectivity index (χ3n) is 4.66. The molecule has 0 amide bonds. The van der Waals surface area contributed by atoms with E-state index in [1.165, 1.54) is 11.1 Å². The van der Waals surface area contributed by atoms with Gasteiger partial charge in [0.25, 0.3) is 0 Å². The molecule has 0 aromatic carbocycles. The third kappa shape index (κ3) is 5.88. The fourth-order valence-electron chi connectivity index (χ4n) is 3.06. The Morgan fingerprint density at radius 1 is 0.760 bits per heavy atom. The average molecular weight is 339 g/mol. The van der Waals surface area contributed by atoms with Crippen LogP contribution in [-0.2, 0) is 13.1 Å². The average Bonchev–Trinajstić information content (AvgIpc) is 2.72. The van der Waals surface area contributed by atoms with Crippen LogP contribution in [0.25, 0.3) is 0 Å². The van der Waals surface area contributed by atoms with Crippen LogP contribution in [0, 0.1) is 13.8 Å². The van der Waals surface area contributed by atoms with Crippen molar-refractivity contribution in [3.63, 3.8) is 0 Å². The minimum atomic E-state index is 0.915. The summed E-state index contributed by atoms with van der Waals surface area (Å²) in [7, 11) is 0. The van der Waals surface area contributed by atoms with E-state index in [0.29, 0.717) is 0 Å². The number of hydrogen-bond donors (Lipinski definition) is 1. The van der Waals surface area contributed by atoms with Crippen molar-refractivity contribution in [2.45, 2.75) is 26.9 Å². The van der Waals surface area contributed by atoms with Gasteiger partial charge in [-0.2, -0.15) is 0 Å². The molecule has 0 spiro atoms. The van der Waals surface area contributed by atoms with Crippen molar-refractivity contribution in [2.24, 2.45) is 0 Å².